The van der Waals surface area contributed by atoms with Crippen molar-refractivity contribution in [1.29, 1.82) is 0 Å². The van der Waals surface area contributed by atoms with Gasteiger partial charge in [-0.05, 0) is 24.8 Å². The van der Waals surface area contributed by atoms with Crippen molar-refractivity contribution in [2.45, 2.75) is 56.7 Å². The van der Waals surface area contributed by atoms with Crippen molar-refractivity contribution in [2.24, 2.45) is 0 Å². The highest BCUT2D eigenvalue weighted by Gasteiger charge is 2.35. The number of hydrogen-bond acceptors (Lipinski definition) is 3. The summed E-state index contributed by atoms with van der Waals surface area (Å²) in [6.07, 6.45) is 8.18. The zero-order valence-electron chi connectivity index (χ0n) is 13.8. The van der Waals surface area contributed by atoms with Gasteiger partial charge in [-0.15, -0.1) is 0 Å². The van der Waals surface area contributed by atoms with Crippen LogP contribution in [0, 0.1) is 0 Å². The van der Waals surface area contributed by atoms with Gasteiger partial charge in [-0.3, -0.25) is 4.79 Å². The molecule has 0 bridgehead atoms. The topological polar surface area (TPSA) is 69.8 Å². The summed E-state index contributed by atoms with van der Waals surface area (Å²) in [7, 11) is 0. The maximum Gasteiger partial charge on any atom is 0.237 e. The number of aryl methyl sites for hydroxylation is 1. The Labute approximate surface area is 142 Å². The number of piperazine rings is 1. The van der Waals surface area contributed by atoms with Gasteiger partial charge in [0.05, 0.1) is 17.9 Å². The third-order valence-corrected chi connectivity index (χ3v) is 5.21. The quantitative estimate of drug-likeness (QED) is 0.809. The van der Waals surface area contributed by atoms with E-state index in [9.17, 15) is 4.79 Å². The van der Waals surface area contributed by atoms with Crippen LogP contribution in [0.2, 0.25) is 0 Å². The first kappa shape index (κ1) is 15.4. The maximum atomic E-state index is 12.3. The molecule has 4 rings (SSSR count). The van der Waals surface area contributed by atoms with E-state index < -0.39 is 0 Å². The third kappa shape index (κ3) is 3.22. The Bertz CT molecular complexity index is 696. The molecule has 1 amide bonds. The highest BCUT2D eigenvalue weighted by Crippen LogP contribution is 2.23. The van der Waals surface area contributed by atoms with E-state index in [0.717, 1.165) is 36.3 Å². The number of aromatic amines is 1. The molecule has 5 heteroatoms. The number of imidazole rings is 1. The molecule has 3 atom stereocenters. The van der Waals surface area contributed by atoms with Gasteiger partial charge in [-0.1, -0.05) is 43.2 Å². The van der Waals surface area contributed by atoms with Crippen LogP contribution in [0.15, 0.2) is 36.5 Å². The summed E-state index contributed by atoms with van der Waals surface area (Å²) in [5.41, 5.74) is 2.16. The summed E-state index contributed by atoms with van der Waals surface area (Å²) in [6, 6.07) is 10.8. The summed E-state index contributed by atoms with van der Waals surface area (Å²) < 4.78 is 0. The van der Waals surface area contributed by atoms with Crippen LogP contribution >= 0.6 is 0 Å². The predicted octanol–water partition coefficient (Wildman–Crippen LogP) is 2.41. The fourth-order valence-corrected chi connectivity index (χ4v) is 3.87. The number of aromatic nitrogens is 2. The second kappa shape index (κ2) is 6.77. The van der Waals surface area contributed by atoms with Crippen molar-refractivity contribution >= 4 is 5.91 Å². The van der Waals surface area contributed by atoms with E-state index in [-0.39, 0.29) is 11.9 Å². The Kier molecular flexibility index (Phi) is 4.34. The number of amides is 1. The lowest BCUT2D eigenvalue weighted by atomic mass is 9.87. The van der Waals surface area contributed by atoms with Gasteiger partial charge in [0.25, 0.3) is 0 Å². The number of nitrogens with zero attached hydrogens (tertiary/aromatic N) is 1. The van der Waals surface area contributed by atoms with Gasteiger partial charge in [0, 0.05) is 18.5 Å². The predicted molar refractivity (Wildman–Crippen MR) is 93.5 cm³/mol. The van der Waals surface area contributed by atoms with Crippen molar-refractivity contribution < 1.29 is 4.79 Å². The highest BCUT2D eigenvalue weighted by molar-refractivity contribution is 5.83. The molecule has 126 valence electrons. The molecule has 0 spiro atoms. The fraction of sp³-hybridized carbons (Fsp3) is 0.474. The lowest BCUT2D eigenvalue weighted by molar-refractivity contribution is -0.127. The number of rotatable bonds is 4. The van der Waals surface area contributed by atoms with Crippen LogP contribution < -0.4 is 10.6 Å². The first-order valence-corrected chi connectivity index (χ1v) is 8.95. The maximum absolute atomic E-state index is 12.3. The van der Waals surface area contributed by atoms with E-state index in [1.165, 1.54) is 19.3 Å². The number of H-pyrrole nitrogens is 1. The Morgan fingerprint density at radius 3 is 2.71 bits per heavy atom. The lowest BCUT2D eigenvalue weighted by Gasteiger charge is -2.40. The molecule has 3 N–H and O–H groups in total. The van der Waals surface area contributed by atoms with Crippen LogP contribution in [0.1, 0.15) is 37.9 Å². The number of hydrogen-bond donors (Lipinski definition) is 3. The van der Waals surface area contributed by atoms with Crippen LogP contribution in [-0.4, -0.2) is 34.0 Å². The zero-order chi connectivity index (χ0) is 16.4. The molecule has 3 unspecified atom stereocenters. The number of carbonyl (C=O) groups is 1. The Balaban J connectivity index is 1.37. The SMILES string of the molecule is O=C1NC2CCCCC2NC1CCc1ncc(-c2ccccc2)[nH]1. The molecule has 0 radical (unpaired) electrons. The number of carbonyl (C=O) groups excluding carboxylic acids is 1. The molecule has 24 heavy (non-hydrogen) atoms. The van der Waals surface area contributed by atoms with Crippen LogP contribution in [0.5, 0.6) is 0 Å². The molecule has 2 fully saturated rings. The van der Waals surface area contributed by atoms with E-state index >= 15 is 0 Å². The van der Waals surface area contributed by atoms with Crippen LogP contribution in [0.4, 0.5) is 0 Å². The summed E-state index contributed by atoms with van der Waals surface area (Å²) in [5.74, 6) is 1.09. The van der Waals surface area contributed by atoms with E-state index in [1.807, 2.05) is 24.4 Å². The number of fused-ring (bicyclic) bond motifs is 1. The normalized spacial score (nSPS) is 26.7. The minimum absolute atomic E-state index is 0.102. The van der Waals surface area contributed by atoms with Gasteiger partial charge in [-0.2, -0.15) is 0 Å². The lowest BCUT2D eigenvalue weighted by Crippen LogP contribution is -2.64. The first-order chi connectivity index (χ1) is 11.8. The van der Waals surface area contributed by atoms with Crippen molar-refractivity contribution in [3.63, 3.8) is 0 Å². The molecular weight excluding hydrogens is 300 g/mol. The summed E-state index contributed by atoms with van der Waals surface area (Å²) in [4.78, 5) is 20.1. The Hall–Kier alpha value is -2.14. The molecule has 1 aliphatic carbocycles. The van der Waals surface area contributed by atoms with Gasteiger partial charge in [0.1, 0.15) is 5.82 Å². The van der Waals surface area contributed by atoms with Crippen molar-refractivity contribution in [3.05, 3.63) is 42.4 Å². The second-order valence-electron chi connectivity index (χ2n) is 6.87. The average molecular weight is 324 g/mol. The van der Waals surface area contributed by atoms with Crippen LogP contribution in [-0.2, 0) is 11.2 Å². The third-order valence-electron chi connectivity index (χ3n) is 5.21. The van der Waals surface area contributed by atoms with Crippen molar-refractivity contribution in [3.8, 4) is 11.3 Å². The molecular formula is C19H24N4O. The van der Waals surface area contributed by atoms with E-state index in [2.05, 4.69) is 32.7 Å². The summed E-state index contributed by atoms with van der Waals surface area (Å²) in [5, 5.41) is 6.76. The minimum atomic E-state index is -0.102. The molecule has 1 aromatic carbocycles. The molecule has 2 aromatic rings. The van der Waals surface area contributed by atoms with Gasteiger partial charge >= 0.3 is 0 Å². The first-order valence-electron chi connectivity index (χ1n) is 8.95. The molecule has 1 aromatic heterocycles. The molecule has 2 heterocycles. The monoisotopic (exact) mass is 324 g/mol. The molecule has 1 saturated carbocycles. The molecule has 1 saturated heterocycles. The van der Waals surface area contributed by atoms with Crippen molar-refractivity contribution in [2.75, 3.05) is 0 Å². The summed E-state index contributed by atoms with van der Waals surface area (Å²) >= 11 is 0. The Morgan fingerprint density at radius 2 is 1.88 bits per heavy atom. The standard InChI is InChI=1S/C19H24N4O/c24-19-16(21-14-8-4-5-9-15(14)23-19)10-11-18-20-12-17(22-18)13-6-2-1-3-7-13/h1-3,6-7,12,14-16,21H,4-5,8-11H2,(H,20,22)(H,23,24). The van der Waals surface area contributed by atoms with Crippen LogP contribution in [0.3, 0.4) is 0 Å². The van der Waals surface area contributed by atoms with Gasteiger partial charge in [-0.25, -0.2) is 4.98 Å². The Morgan fingerprint density at radius 1 is 1.08 bits per heavy atom. The molecule has 2 aliphatic rings. The number of benzene rings is 1. The largest absolute Gasteiger partial charge is 0.350 e. The van der Waals surface area contributed by atoms with Gasteiger partial charge in [0.15, 0.2) is 0 Å². The fourth-order valence-electron chi connectivity index (χ4n) is 3.87. The van der Waals surface area contributed by atoms with Gasteiger partial charge in [0.2, 0.25) is 5.91 Å². The van der Waals surface area contributed by atoms with E-state index in [0.29, 0.717) is 12.1 Å². The zero-order valence-corrected chi connectivity index (χ0v) is 13.8. The van der Waals surface area contributed by atoms with E-state index in [1.54, 1.807) is 0 Å². The number of nitrogens with one attached hydrogen (secondary N) is 3. The highest BCUT2D eigenvalue weighted by atomic mass is 16.2. The second-order valence-corrected chi connectivity index (χ2v) is 6.87. The average Bonchev–Trinajstić information content (AvgIpc) is 3.10. The molecule has 5 nitrogen and oxygen atoms in total. The van der Waals surface area contributed by atoms with Gasteiger partial charge < -0.3 is 15.6 Å². The van der Waals surface area contributed by atoms with Crippen molar-refractivity contribution in [1.82, 2.24) is 20.6 Å². The summed E-state index contributed by atoms with van der Waals surface area (Å²) in [6.45, 7) is 0. The minimum Gasteiger partial charge on any atom is -0.350 e. The van der Waals surface area contributed by atoms with Crippen LogP contribution in [0.25, 0.3) is 11.3 Å². The smallest absolute Gasteiger partial charge is 0.237 e. The molecule has 1 aliphatic heterocycles. The van der Waals surface area contributed by atoms with E-state index in [4.69, 9.17) is 0 Å².